The van der Waals surface area contributed by atoms with Gasteiger partial charge >= 0.3 is 0 Å². The van der Waals surface area contributed by atoms with E-state index in [-0.39, 0.29) is 22.8 Å². The molecule has 2 aromatic rings. The second-order valence-corrected chi connectivity index (χ2v) is 11.2. The molecule has 0 radical (unpaired) electrons. The van der Waals surface area contributed by atoms with Crippen molar-refractivity contribution in [1.82, 2.24) is 10.2 Å². The van der Waals surface area contributed by atoms with E-state index < -0.39 is 17.5 Å². The lowest BCUT2D eigenvalue weighted by Gasteiger charge is -2.55. The van der Waals surface area contributed by atoms with E-state index >= 15 is 0 Å². The van der Waals surface area contributed by atoms with Crippen LogP contribution >= 0.6 is 23.1 Å². The van der Waals surface area contributed by atoms with Crippen LogP contribution in [0.2, 0.25) is 0 Å². The second kappa shape index (κ2) is 8.12. The van der Waals surface area contributed by atoms with Crippen molar-refractivity contribution >= 4 is 45.7 Å². The maximum Gasteiger partial charge on any atom is 0.234 e. The molecule has 0 atom stereocenters. The molecular weight excluding hydrogens is 442 g/mol. The van der Waals surface area contributed by atoms with Crippen molar-refractivity contribution in [2.75, 3.05) is 16.4 Å². The Hall–Kier alpha value is -2.07. The molecule has 0 spiro atoms. The molecule has 0 saturated heterocycles. The Labute approximate surface area is 186 Å². The van der Waals surface area contributed by atoms with Crippen LogP contribution in [0.25, 0.3) is 0 Å². The van der Waals surface area contributed by atoms with Gasteiger partial charge in [0.15, 0.2) is 4.34 Å². The molecule has 4 fully saturated rings. The highest BCUT2D eigenvalue weighted by Crippen LogP contribution is 2.60. The molecular formula is C21H22F2N4O2S2. The summed E-state index contributed by atoms with van der Waals surface area (Å²) in [5.74, 6) is 0.124. The maximum absolute atomic E-state index is 13.6. The number of anilines is 2. The lowest BCUT2D eigenvalue weighted by atomic mass is 9.49. The number of nitrogens with one attached hydrogen (secondary N) is 2. The van der Waals surface area contributed by atoms with E-state index in [0.29, 0.717) is 33.3 Å². The summed E-state index contributed by atoms with van der Waals surface area (Å²) in [7, 11) is 0. The summed E-state index contributed by atoms with van der Waals surface area (Å²) >= 11 is 2.37. The first-order valence-electron chi connectivity index (χ1n) is 10.4. The molecule has 0 aliphatic heterocycles. The van der Waals surface area contributed by atoms with Gasteiger partial charge < -0.3 is 10.6 Å². The molecule has 2 N–H and O–H groups in total. The minimum atomic E-state index is -0.830. The number of amides is 2. The zero-order valence-electron chi connectivity index (χ0n) is 16.7. The number of halogens is 2. The lowest BCUT2D eigenvalue weighted by molar-refractivity contribution is -0.140. The third-order valence-corrected chi connectivity index (χ3v) is 8.65. The predicted molar refractivity (Wildman–Crippen MR) is 115 cm³/mol. The highest BCUT2D eigenvalue weighted by atomic mass is 32.2. The van der Waals surface area contributed by atoms with Crippen molar-refractivity contribution in [2.24, 2.45) is 23.2 Å². The number of thioether (sulfide) groups is 1. The van der Waals surface area contributed by atoms with Crippen LogP contribution in [-0.2, 0) is 9.59 Å². The van der Waals surface area contributed by atoms with Gasteiger partial charge in [0.1, 0.15) is 11.6 Å². The SMILES string of the molecule is O=C(CSc1nnc(NC(=O)C23CC4CC(CC(C4)C2)C3)s1)Nc1ccc(F)cc1F. The maximum atomic E-state index is 13.6. The van der Waals surface area contributed by atoms with E-state index in [1.165, 1.54) is 36.7 Å². The largest absolute Gasteiger partial charge is 0.323 e. The van der Waals surface area contributed by atoms with Crippen molar-refractivity contribution < 1.29 is 18.4 Å². The van der Waals surface area contributed by atoms with Crippen LogP contribution < -0.4 is 10.6 Å². The van der Waals surface area contributed by atoms with Crippen LogP contribution in [0.5, 0.6) is 0 Å². The third-order valence-electron chi connectivity index (χ3n) is 6.68. The smallest absolute Gasteiger partial charge is 0.234 e. The molecule has 4 bridgehead atoms. The first kappa shape index (κ1) is 20.8. The minimum Gasteiger partial charge on any atom is -0.323 e. The average Bonchev–Trinajstić information content (AvgIpc) is 3.15. The number of nitrogens with zero attached hydrogens (tertiary/aromatic N) is 2. The van der Waals surface area contributed by atoms with Gasteiger partial charge in [0.25, 0.3) is 0 Å². The van der Waals surface area contributed by atoms with E-state index in [4.69, 9.17) is 0 Å². The lowest BCUT2D eigenvalue weighted by Crippen LogP contribution is -2.51. The second-order valence-electron chi connectivity index (χ2n) is 8.99. The topological polar surface area (TPSA) is 84.0 Å². The fourth-order valence-electron chi connectivity index (χ4n) is 5.84. The molecule has 0 unspecified atom stereocenters. The van der Waals surface area contributed by atoms with Crippen molar-refractivity contribution in [3.63, 3.8) is 0 Å². The summed E-state index contributed by atoms with van der Waals surface area (Å²) in [6.07, 6.45) is 6.75. The van der Waals surface area contributed by atoms with E-state index in [1.807, 2.05) is 0 Å². The van der Waals surface area contributed by atoms with Gasteiger partial charge in [-0.1, -0.05) is 23.1 Å². The van der Waals surface area contributed by atoms with Crippen LogP contribution in [0.4, 0.5) is 19.6 Å². The van der Waals surface area contributed by atoms with Crippen molar-refractivity contribution in [3.8, 4) is 0 Å². The average molecular weight is 465 g/mol. The zero-order valence-corrected chi connectivity index (χ0v) is 18.3. The monoisotopic (exact) mass is 464 g/mol. The zero-order chi connectivity index (χ0) is 21.6. The van der Waals surface area contributed by atoms with E-state index in [0.717, 1.165) is 37.1 Å². The number of hydrogen-bond donors (Lipinski definition) is 2. The molecule has 6 nitrogen and oxygen atoms in total. The number of hydrogen-bond acceptors (Lipinski definition) is 6. The van der Waals surface area contributed by atoms with E-state index in [9.17, 15) is 18.4 Å². The Morgan fingerprint density at radius 3 is 2.39 bits per heavy atom. The number of benzene rings is 1. The van der Waals surface area contributed by atoms with Crippen LogP contribution in [0.15, 0.2) is 22.5 Å². The number of carbonyl (C=O) groups is 2. The first-order chi connectivity index (χ1) is 14.9. The summed E-state index contributed by atoms with van der Waals surface area (Å²) in [5, 5.41) is 13.9. The Kier molecular flexibility index (Phi) is 5.45. The van der Waals surface area contributed by atoms with Gasteiger partial charge in [-0.15, -0.1) is 10.2 Å². The molecule has 4 aliphatic rings. The molecule has 1 heterocycles. The number of rotatable bonds is 6. The minimum absolute atomic E-state index is 0.00558. The molecule has 2 amide bonds. The Morgan fingerprint density at radius 2 is 1.74 bits per heavy atom. The Morgan fingerprint density at radius 1 is 1.06 bits per heavy atom. The summed E-state index contributed by atoms with van der Waals surface area (Å²) in [6.45, 7) is 0. The van der Waals surface area contributed by atoms with Gasteiger partial charge in [0.05, 0.1) is 16.9 Å². The summed E-state index contributed by atoms with van der Waals surface area (Å²) in [4.78, 5) is 25.2. The number of carbonyl (C=O) groups excluding carboxylic acids is 2. The molecule has 1 aromatic heterocycles. The first-order valence-corrected chi connectivity index (χ1v) is 12.2. The Balaban J connectivity index is 1.15. The summed E-state index contributed by atoms with van der Waals surface area (Å²) in [6, 6.07) is 2.97. The summed E-state index contributed by atoms with van der Waals surface area (Å²) < 4.78 is 27.1. The third kappa shape index (κ3) is 4.32. The van der Waals surface area contributed by atoms with Gasteiger partial charge in [0.2, 0.25) is 16.9 Å². The normalized spacial score (nSPS) is 28.5. The summed E-state index contributed by atoms with van der Waals surface area (Å²) in [5.41, 5.74) is -0.333. The van der Waals surface area contributed by atoms with Crippen LogP contribution in [-0.4, -0.2) is 27.8 Å². The predicted octanol–water partition coefficient (Wildman–Crippen LogP) is 4.70. The molecule has 31 heavy (non-hydrogen) atoms. The molecule has 10 heteroatoms. The molecule has 4 saturated carbocycles. The van der Waals surface area contributed by atoms with E-state index in [2.05, 4.69) is 20.8 Å². The van der Waals surface area contributed by atoms with Crippen molar-refractivity contribution in [2.45, 2.75) is 42.9 Å². The van der Waals surface area contributed by atoms with Gasteiger partial charge in [0, 0.05) is 6.07 Å². The quantitative estimate of drug-likeness (QED) is 0.478. The standard InChI is InChI=1S/C21H22F2N4O2S2/c22-14-1-2-16(15(23)6-14)24-17(28)10-30-20-27-26-19(31-20)25-18(29)21-7-11-3-12(8-21)5-13(4-11)9-21/h1-2,6,11-13H,3-5,7-10H2,(H,24,28)(H,25,26,29). The highest BCUT2D eigenvalue weighted by molar-refractivity contribution is 8.01. The fraction of sp³-hybridized carbons (Fsp3) is 0.524. The van der Waals surface area contributed by atoms with Gasteiger partial charge in [-0.2, -0.15) is 0 Å². The van der Waals surface area contributed by atoms with E-state index in [1.54, 1.807) is 0 Å². The highest BCUT2D eigenvalue weighted by Gasteiger charge is 2.54. The molecule has 6 rings (SSSR count). The van der Waals surface area contributed by atoms with Crippen LogP contribution in [0.3, 0.4) is 0 Å². The molecule has 1 aromatic carbocycles. The Bertz CT molecular complexity index is 993. The van der Waals surface area contributed by atoms with Crippen LogP contribution in [0.1, 0.15) is 38.5 Å². The molecule has 164 valence electrons. The van der Waals surface area contributed by atoms with Crippen molar-refractivity contribution in [3.05, 3.63) is 29.8 Å². The molecule has 4 aliphatic carbocycles. The van der Waals surface area contributed by atoms with Crippen LogP contribution in [0, 0.1) is 34.8 Å². The number of aromatic nitrogens is 2. The fourth-order valence-corrected chi connectivity index (χ4v) is 7.39. The van der Waals surface area contributed by atoms with Gasteiger partial charge in [-0.25, -0.2) is 8.78 Å². The van der Waals surface area contributed by atoms with Crippen molar-refractivity contribution in [1.29, 1.82) is 0 Å². The van der Waals surface area contributed by atoms with Gasteiger partial charge in [-0.3, -0.25) is 9.59 Å². The van der Waals surface area contributed by atoms with Gasteiger partial charge in [-0.05, 0) is 68.4 Å².